The summed E-state index contributed by atoms with van der Waals surface area (Å²) in [5.41, 5.74) is 6.51. The number of nitrogens with zero attached hydrogens (tertiary/aromatic N) is 3. The van der Waals surface area contributed by atoms with E-state index in [1.807, 2.05) is 13.8 Å². The molecule has 0 spiro atoms. The van der Waals surface area contributed by atoms with E-state index in [4.69, 9.17) is 5.73 Å². The fourth-order valence-electron chi connectivity index (χ4n) is 2.22. The van der Waals surface area contributed by atoms with Gasteiger partial charge in [0.2, 0.25) is 5.95 Å². The Bertz CT molecular complexity index is 773. The van der Waals surface area contributed by atoms with E-state index < -0.39 is 23.1 Å². The number of rotatable bonds is 3. The molecule has 1 unspecified atom stereocenters. The summed E-state index contributed by atoms with van der Waals surface area (Å²) in [6, 6.07) is 0.544. The van der Waals surface area contributed by atoms with Crippen molar-refractivity contribution in [1.29, 1.82) is 0 Å². The minimum Gasteiger partial charge on any atom is -0.321 e. The average molecular weight is 336 g/mol. The van der Waals surface area contributed by atoms with Gasteiger partial charge in [-0.05, 0) is 12.0 Å². The molecule has 0 saturated carbocycles. The second-order valence-electron chi connectivity index (χ2n) is 5.61. The van der Waals surface area contributed by atoms with E-state index in [9.17, 15) is 13.6 Å². The van der Waals surface area contributed by atoms with Crippen molar-refractivity contribution in [2.45, 2.75) is 25.1 Å². The standard InChI is InChI=1S/C15H14F2N4OS/c1-6(2)12(18)14-20-9-4-10(23-13(9)15(22)21-14)7-3-11(17)19-5-8(7)16/h3-6,12-13H,18H2,1-2H3/t12-,13?/m0/s1. The summed E-state index contributed by atoms with van der Waals surface area (Å²) in [6.07, 6.45) is 2.39. The maximum absolute atomic E-state index is 13.9. The molecular weight excluding hydrogens is 322 g/mol. The molecule has 2 aliphatic heterocycles. The van der Waals surface area contributed by atoms with Crippen LogP contribution in [0.4, 0.5) is 8.78 Å². The van der Waals surface area contributed by atoms with Gasteiger partial charge in [-0.15, -0.1) is 11.8 Å². The van der Waals surface area contributed by atoms with Gasteiger partial charge in [0, 0.05) is 16.5 Å². The molecule has 0 saturated heterocycles. The van der Waals surface area contributed by atoms with E-state index in [0.717, 1.165) is 24.0 Å². The van der Waals surface area contributed by atoms with Gasteiger partial charge in [0.15, 0.2) is 0 Å². The van der Waals surface area contributed by atoms with Crippen molar-refractivity contribution in [3.8, 4) is 0 Å². The second kappa shape index (κ2) is 5.93. The molecule has 0 bridgehead atoms. The number of amidine groups is 1. The molecular formula is C15H14F2N4OS. The summed E-state index contributed by atoms with van der Waals surface area (Å²) < 4.78 is 27.1. The molecule has 0 aliphatic carbocycles. The molecule has 120 valence electrons. The van der Waals surface area contributed by atoms with Crippen molar-refractivity contribution in [3.05, 3.63) is 35.7 Å². The number of allylic oxidation sites excluding steroid dienone is 1. The van der Waals surface area contributed by atoms with Crippen molar-refractivity contribution in [1.82, 2.24) is 4.98 Å². The molecule has 2 atom stereocenters. The first-order chi connectivity index (χ1) is 10.9. The number of carbonyl (C=O) groups is 1. The first kappa shape index (κ1) is 15.9. The van der Waals surface area contributed by atoms with E-state index in [2.05, 4.69) is 15.0 Å². The van der Waals surface area contributed by atoms with Crippen LogP contribution in [0.1, 0.15) is 19.4 Å². The van der Waals surface area contributed by atoms with Gasteiger partial charge in [0.1, 0.15) is 16.9 Å². The number of hydrogen-bond acceptors (Lipinski definition) is 5. The van der Waals surface area contributed by atoms with Crippen molar-refractivity contribution in [2.75, 3.05) is 0 Å². The number of thioether (sulfide) groups is 1. The van der Waals surface area contributed by atoms with E-state index >= 15 is 0 Å². The third kappa shape index (κ3) is 2.96. The smallest absolute Gasteiger partial charge is 0.267 e. The van der Waals surface area contributed by atoms with E-state index in [1.165, 1.54) is 0 Å². The lowest BCUT2D eigenvalue weighted by Gasteiger charge is -2.19. The topological polar surface area (TPSA) is 80.7 Å². The van der Waals surface area contributed by atoms with Gasteiger partial charge in [-0.3, -0.25) is 4.79 Å². The first-order valence-electron chi connectivity index (χ1n) is 7.03. The molecule has 3 rings (SSSR count). The highest BCUT2D eigenvalue weighted by atomic mass is 32.2. The Balaban J connectivity index is 1.97. The number of fused-ring (bicyclic) bond motifs is 1. The van der Waals surface area contributed by atoms with Gasteiger partial charge in [0.05, 0.1) is 18.0 Å². The van der Waals surface area contributed by atoms with Crippen LogP contribution in [0.2, 0.25) is 0 Å². The van der Waals surface area contributed by atoms with Gasteiger partial charge in [0.25, 0.3) is 5.91 Å². The summed E-state index contributed by atoms with van der Waals surface area (Å²) >= 11 is 1.10. The van der Waals surface area contributed by atoms with E-state index in [-0.39, 0.29) is 23.2 Å². The maximum Gasteiger partial charge on any atom is 0.267 e. The predicted octanol–water partition coefficient (Wildman–Crippen LogP) is 2.18. The number of aliphatic imine (C=N–C) groups is 2. The summed E-state index contributed by atoms with van der Waals surface area (Å²) in [5.74, 6) is -1.48. The molecule has 2 N–H and O–H groups in total. The molecule has 1 aromatic heterocycles. The molecule has 0 aromatic carbocycles. The van der Waals surface area contributed by atoms with Gasteiger partial charge < -0.3 is 5.73 Å². The Kier molecular flexibility index (Phi) is 4.11. The van der Waals surface area contributed by atoms with Crippen LogP contribution in [0.25, 0.3) is 4.91 Å². The Morgan fingerprint density at radius 3 is 2.74 bits per heavy atom. The third-order valence-corrected chi connectivity index (χ3v) is 4.86. The molecule has 5 nitrogen and oxygen atoms in total. The number of aromatic nitrogens is 1. The van der Waals surface area contributed by atoms with Crippen LogP contribution >= 0.6 is 11.8 Å². The van der Waals surface area contributed by atoms with Crippen LogP contribution in [-0.4, -0.2) is 33.7 Å². The number of nitrogens with two attached hydrogens (primary N) is 1. The lowest BCUT2D eigenvalue weighted by atomic mass is 10.0. The summed E-state index contributed by atoms with van der Waals surface area (Å²) in [6.45, 7) is 3.81. The highest BCUT2D eigenvalue weighted by Crippen LogP contribution is 2.40. The largest absolute Gasteiger partial charge is 0.321 e. The van der Waals surface area contributed by atoms with Crippen LogP contribution in [0, 0.1) is 17.7 Å². The number of carbonyl (C=O) groups excluding carboxylic acids is 1. The van der Waals surface area contributed by atoms with Gasteiger partial charge in [-0.25, -0.2) is 14.4 Å². The van der Waals surface area contributed by atoms with E-state index in [0.29, 0.717) is 10.6 Å². The number of pyridine rings is 1. The fourth-order valence-corrected chi connectivity index (χ4v) is 3.34. The third-order valence-electron chi connectivity index (χ3n) is 3.59. The average Bonchev–Trinajstić information content (AvgIpc) is 2.93. The maximum atomic E-state index is 13.9. The molecule has 1 aromatic rings. The Morgan fingerprint density at radius 1 is 1.30 bits per heavy atom. The van der Waals surface area contributed by atoms with Crippen molar-refractivity contribution >= 4 is 34.1 Å². The van der Waals surface area contributed by atoms with E-state index in [1.54, 1.807) is 6.08 Å². The highest BCUT2D eigenvalue weighted by molar-refractivity contribution is 8.10. The summed E-state index contributed by atoms with van der Waals surface area (Å²) in [5, 5.41) is -0.635. The Labute approximate surface area is 135 Å². The summed E-state index contributed by atoms with van der Waals surface area (Å²) in [4.78, 5) is 24.1. The van der Waals surface area contributed by atoms with Gasteiger partial charge in [-0.1, -0.05) is 13.8 Å². The van der Waals surface area contributed by atoms with Crippen LogP contribution in [-0.2, 0) is 4.79 Å². The normalized spacial score (nSPS) is 21.7. The zero-order valence-corrected chi connectivity index (χ0v) is 13.3. The van der Waals surface area contributed by atoms with Crippen molar-refractivity contribution in [2.24, 2.45) is 21.6 Å². The van der Waals surface area contributed by atoms with Crippen molar-refractivity contribution < 1.29 is 13.6 Å². The lowest BCUT2D eigenvalue weighted by molar-refractivity contribution is -0.116. The summed E-state index contributed by atoms with van der Waals surface area (Å²) in [7, 11) is 0. The molecule has 2 aliphatic rings. The van der Waals surface area contributed by atoms with Gasteiger partial charge in [-0.2, -0.15) is 9.38 Å². The van der Waals surface area contributed by atoms with Crippen LogP contribution in [0.15, 0.2) is 28.3 Å². The van der Waals surface area contributed by atoms with Crippen LogP contribution < -0.4 is 5.73 Å². The van der Waals surface area contributed by atoms with Crippen LogP contribution in [0.5, 0.6) is 0 Å². The SMILES string of the molecule is CC(C)[C@H](N)C1=NC(=O)C2SC(c3cc(F)ncc3F)=CC2=N1. The van der Waals surface area contributed by atoms with Gasteiger partial charge >= 0.3 is 0 Å². The lowest BCUT2D eigenvalue weighted by Crippen LogP contribution is -2.39. The number of amides is 1. The minimum absolute atomic E-state index is 0.0575. The molecule has 0 radical (unpaired) electrons. The molecule has 23 heavy (non-hydrogen) atoms. The molecule has 8 heteroatoms. The van der Waals surface area contributed by atoms with Crippen molar-refractivity contribution in [3.63, 3.8) is 0 Å². The van der Waals surface area contributed by atoms with Crippen LogP contribution in [0.3, 0.4) is 0 Å². The highest BCUT2D eigenvalue weighted by Gasteiger charge is 2.36. The monoisotopic (exact) mass is 336 g/mol. The molecule has 0 fully saturated rings. The zero-order valence-electron chi connectivity index (χ0n) is 12.5. The number of halogens is 2. The Morgan fingerprint density at radius 2 is 2.04 bits per heavy atom. The Hall–Kier alpha value is -1.93. The zero-order chi connectivity index (χ0) is 16.7. The number of hydrogen-bond donors (Lipinski definition) is 1. The second-order valence-corrected chi connectivity index (χ2v) is 6.75. The molecule has 1 amide bonds. The minimum atomic E-state index is -0.787. The fraction of sp³-hybridized carbons (Fsp3) is 0.333. The molecule has 3 heterocycles. The first-order valence-corrected chi connectivity index (χ1v) is 7.91. The quantitative estimate of drug-likeness (QED) is 0.858. The predicted molar refractivity (Wildman–Crippen MR) is 86.2 cm³/mol.